The maximum atomic E-state index is 13.0. The number of hydrogen-bond donors (Lipinski definition) is 1. The Labute approximate surface area is 124 Å². The number of nitrogens with one attached hydrogen (secondary N) is 1. The van der Waals surface area contributed by atoms with Gasteiger partial charge in [0, 0.05) is 22.8 Å². The van der Waals surface area contributed by atoms with Gasteiger partial charge in [0.2, 0.25) is 5.91 Å². The van der Waals surface area contributed by atoms with Crippen LogP contribution in [-0.4, -0.2) is 11.7 Å². The van der Waals surface area contributed by atoms with E-state index in [9.17, 15) is 18.0 Å². The lowest BCUT2D eigenvalue weighted by molar-refractivity contribution is -0.115. The minimum Gasteiger partial charge on any atom is -0.326 e. The van der Waals surface area contributed by atoms with Gasteiger partial charge in [-0.3, -0.25) is 4.79 Å². The van der Waals surface area contributed by atoms with Gasteiger partial charge in [-0.2, -0.15) is 0 Å². The Balaban J connectivity index is 1.78. The summed E-state index contributed by atoms with van der Waals surface area (Å²) in [7, 11) is 0. The first-order valence-electron chi connectivity index (χ1n) is 6.18. The van der Waals surface area contributed by atoms with E-state index in [0.29, 0.717) is 16.3 Å². The lowest BCUT2D eigenvalue weighted by Gasteiger charge is -2.05. The summed E-state index contributed by atoms with van der Waals surface area (Å²) in [4.78, 5) is 12.2. The molecule has 2 nitrogen and oxygen atoms in total. The number of carbonyl (C=O) groups excluding carboxylic acids is 1. The van der Waals surface area contributed by atoms with Gasteiger partial charge in [-0.1, -0.05) is 0 Å². The summed E-state index contributed by atoms with van der Waals surface area (Å²) in [6.45, 7) is 0. The molecule has 2 aromatic rings. The SMILES string of the molecule is O=C(CCSc1ccc(F)c(F)c1)Nc1ccc(F)cc1. The fraction of sp³-hybridized carbons (Fsp3) is 0.133. The molecule has 0 spiro atoms. The van der Waals surface area contributed by atoms with Crippen molar-refractivity contribution in [3.63, 3.8) is 0 Å². The maximum absolute atomic E-state index is 13.0. The Morgan fingerprint density at radius 1 is 1.00 bits per heavy atom. The molecule has 1 amide bonds. The van der Waals surface area contributed by atoms with Crippen LogP contribution >= 0.6 is 11.8 Å². The van der Waals surface area contributed by atoms with E-state index < -0.39 is 11.6 Å². The van der Waals surface area contributed by atoms with Gasteiger partial charge < -0.3 is 5.32 Å². The zero-order valence-electron chi connectivity index (χ0n) is 10.9. The standard InChI is InChI=1S/C15H12F3NOS/c16-10-1-3-11(4-2-10)19-15(20)7-8-21-12-5-6-13(17)14(18)9-12/h1-6,9H,7-8H2,(H,19,20). The molecule has 21 heavy (non-hydrogen) atoms. The van der Waals surface area contributed by atoms with Crippen LogP contribution in [0.5, 0.6) is 0 Å². The van der Waals surface area contributed by atoms with E-state index in [1.807, 2.05) is 0 Å². The quantitative estimate of drug-likeness (QED) is 0.838. The molecule has 0 aliphatic rings. The molecule has 110 valence electrons. The average Bonchev–Trinajstić information content (AvgIpc) is 2.45. The van der Waals surface area contributed by atoms with Crippen LogP contribution in [-0.2, 0) is 4.79 Å². The van der Waals surface area contributed by atoms with Gasteiger partial charge in [0.15, 0.2) is 11.6 Å². The van der Waals surface area contributed by atoms with Crippen molar-refractivity contribution in [3.05, 3.63) is 59.9 Å². The van der Waals surface area contributed by atoms with Crippen molar-refractivity contribution in [2.75, 3.05) is 11.1 Å². The highest BCUT2D eigenvalue weighted by Crippen LogP contribution is 2.21. The predicted octanol–water partition coefficient (Wildman–Crippen LogP) is 4.22. The summed E-state index contributed by atoms with van der Waals surface area (Å²) in [6, 6.07) is 9.05. The van der Waals surface area contributed by atoms with Crippen molar-refractivity contribution in [1.82, 2.24) is 0 Å². The Bertz CT molecular complexity index is 631. The van der Waals surface area contributed by atoms with E-state index in [4.69, 9.17) is 0 Å². The fourth-order valence-corrected chi connectivity index (χ4v) is 2.46. The normalized spacial score (nSPS) is 10.4. The first kappa shape index (κ1) is 15.4. The van der Waals surface area contributed by atoms with Crippen molar-refractivity contribution in [1.29, 1.82) is 0 Å². The Morgan fingerprint density at radius 3 is 2.38 bits per heavy atom. The number of halogens is 3. The summed E-state index contributed by atoms with van der Waals surface area (Å²) in [6.07, 6.45) is 0.209. The van der Waals surface area contributed by atoms with Gasteiger partial charge >= 0.3 is 0 Å². The summed E-state index contributed by atoms with van der Waals surface area (Å²) >= 11 is 1.26. The third-order valence-electron chi connectivity index (χ3n) is 2.62. The fourth-order valence-electron chi connectivity index (χ4n) is 1.58. The third kappa shape index (κ3) is 4.82. The second kappa shape index (κ2) is 7.17. The van der Waals surface area contributed by atoms with Gasteiger partial charge in [0.1, 0.15) is 5.82 Å². The van der Waals surface area contributed by atoms with Crippen molar-refractivity contribution >= 4 is 23.4 Å². The summed E-state index contributed by atoms with van der Waals surface area (Å²) in [5, 5.41) is 2.62. The lowest BCUT2D eigenvalue weighted by Crippen LogP contribution is -2.12. The van der Waals surface area contributed by atoms with E-state index in [1.54, 1.807) is 0 Å². The second-order valence-corrected chi connectivity index (χ2v) is 5.40. The van der Waals surface area contributed by atoms with Gasteiger partial charge in [0.05, 0.1) is 0 Å². The molecule has 0 aliphatic carbocycles. The average molecular weight is 311 g/mol. The molecular weight excluding hydrogens is 299 g/mol. The van der Waals surface area contributed by atoms with E-state index in [-0.39, 0.29) is 18.1 Å². The van der Waals surface area contributed by atoms with Crippen LogP contribution in [0.1, 0.15) is 6.42 Å². The number of benzene rings is 2. The number of rotatable bonds is 5. The number of thioether (sulfide) groups is 1. The molecule has 0 bridgehead atoms. The highest BCUT2D eigenvalue weighted by molar-refractivity contribution is 7.99. The van der Waals surface area contributed by atoms with Gasteiger partial charge in [-0.15, -0.1) is 11.8 Å². The lowest BCUT2D eigenvalue weighted by atomic mass is 10.3. The zero-order valence-corrected chi connectivity index (χ0v) is 11.7. The molecule has 2 aromatic carbocycles. The summed E-state index contributed by atoms with van der Waals surface area (Å²) in [5.74, 6) is -1.97. The largest absolute Gasteiger partial charge is 0.326 e. The first-order chi connectivity index (χ1) is 10.0. The topological polar surface area (TPSA) is 29.1 Å². The molecule has 0 unspecified atom stereocenters. The van der Waals surface area contributed by atoms with Crippen LogP contribution in [0.25, 0.3) is 0 Å². The molecule has 0 aliphatic heterocycles. The van der Waals surface area contributed by atoms with Crippen molar-refractivity contribution in [2.24, 2.45) is 0 Å². The molecule has 0 heterocycles. The van der Waals surface area contributed by atoms with E-state index in [2.05, 4.69) is 5.32 Å². The number of carbonyl (C=O) groups is 1. The Morgan fingerprint density at radius 2 is 1.71 bits per heavy atom. The Hall–Kier alpha value is -1.95. The number of anilines is 1. The maximum Gasteiger partial charge on any atom is 0.225 e. The number of amides is 1. The second-order valence-electron chi connectivity index (χ2n) is 4.23. The minimum absolute atomic E-state index is 0.209. The smallest absolute Gasteiger partial charge is 0.225 e. The predicted molar refractivity (Wildman–Crippen MR) is 76.7 cm³/mol. The molecule has 0 aromatic heterocycles. The van der Waals surface area contributed by atoms with Crippen LogP contribution in [0.3, 0.4) is 0 Å². The minimum atomic E-state index is -0.907. The van der Waals surface area contributed by atoms with Crippen LogP contribution in [0.2, 0.25) is 0 Å². The van der Waals surface area contributed by atoms with Crippen LogP contribution < -0.4 is 5.32 Å². The van der Waals surface area contributed by atoms with Gasteiger partial charge in [-0.05, 0) is 42.5 Å². The molecule has 2 rings (SSSR count). The van der Waals surface area contributed by atoms with Gasteiger partial charge in [-0.25, -0.2) is 13.2 Å². The molecule has 0 saturated carbocycles. The zero-order chi connectivity index (χ0) is 15.2. The van der Waals surface area contributed by atoms with E-state index in [1.165, 1.54) is 42.1 Å². The van der Waals surface area contributed by atoms with Crippen LogP contribution in [0, 0.1) is 17.5 Å². The van der Waals surface area contributed by atoms with Crippen molar-refractivity contribution in [3.8, 4) is 0 Å². The highest BCUT2D eigenvalue weighted by Gasteiger charge is 2.06. The van der Waals surface area contributed by atoms with Crippen LogP contribution in [0.4, 0.5) is 18.9 Å². The molecule has 0 atom stereocenters. The third-order valence-corrected chi connectivity index (χ3v) is 3.61. The Kier molecular flexibility index (Phi) is 5.27. The van der Waals surface area contributed by atoms with Crippen molar-refractivity contribution in [2.45, 2.75) is 11.3 Å². The van der Waals surface area contributed by atoms with E-state index in [0.717, 1.165) is 12.1 Å². The molecule has 0 radical (unpaired) electrons. The van der Waals surface area contributed by atoms with Crippen LogP contribution in [0.15, 0.2) is 47.4 Å². The summed E-state index contributed by atoms with van der Waals surface area (Å²) in [5.41, 5.74) is 0.513. The number of hydrogen-bond acceptors (Lipinski definition) is 2. The highest BCUT2D eigenvalue weighted by atomic mass is 32.2. The van der Waals surface area contributed by atoms with Gasteiger partial charge in [0.25, 0.3) is 0 Å². The molecule has 0 fully saturated rings. The van der Waals surface area contributed by atoms with Crippen molar-refractivity contribution < 1.29 is 18.0 Å². The summed E-state index contributed by atoms with van der Waals surface area (Å²) < 4.78 is 38.4. The first-order valence-corrected chi connectivity index (χ1v) is 7.16. The molecule has 1 N–H and O–H groups in total. The monoisotopic (exact) mass is 311 g/mol. The molecular formula is C15H12F3NOS. The van der Waals surface area contributed by atoms with E-state index >= 15 is 0 Å². The molecule has 0 saturated heterocycles. The molecule has 6 heteroatoms.